The van der Waals surface area contributed by atoms with Crippen LogP contribution in [-0.4, -0.2) is 17.8 Å². The Morgan fingerprint density at radius 2 is 2.04 bits per heavy atom. The fraction of sp³-hybridized carbons (Fsp3) is 0.190. The fourth-order valence-electron chi connectivity index (χ4n) is 3.72. The molecular formula is C21H17ClN2O3. The smallest absolute Gasteiger partial charge is 0.214 e. The van der Waals surface area contributed by atoms with Gasteiger partial charge in [-0.25, -0.2) is 5.01 Å². The summed E-state index contributed by atoms with van der Waals surface area (Å²) < 4.78 is 17.5. The summed E-state index contributed by atoms with van der Waals surface area (Å²) in [5, 5.41) is 7.49. The highest BCUT2D eigenvalue weighted by atomic mass is 35.5. The molecule has 2 atom stereocenters. The molecule has 5 rings (SSSR count). The van der Waals surface area contributed by atoms with Gasteiger partial charge in [-0.2, -0.15) is 5.10 Å². The lowest BCUT2D eigenvalue weighted by Crippen LogP contribution is -2.33. The minimum Gasteiger partial charge on any atom is -0.493 e. The zero-order chi connectivity index (χ0) is 18.4. The molecule has 3 aromatic rings. The summed E-state index contributed by atoms with van der Waals surface area (Å²) in [6.07, 6.45) is 2.00. The van der Waals surface area contributed by atoms with E-state index in [4.69, 9.17) is 30.6 Å². The average Bonchev–Trinajstić information content (AvgIpc) is 3.36. The standard InChI is InChI=1S/C21H17ClN2O3/c1-25-19-8-3-7-15-17-12-16(18-9-4-10-26-18)23-24(17)21(27-20(15)19)13-5-2-6-14(22)11-13/h2-11,17,21H,12H2,1H3/t17-,21-/m1/s1. The first-order chi connectivity index (χ1) is 13.2. The number of hydrogen-bond donors (Lipinski definition) is 0. The van der Waals surface area contributed by atoms with Gasteiger partial charge >= 0.3 is 0 Å². The van der Waals surface area contributed by atoms with Gasteiger partial charge in [0.15, 0.2) is 11.5 Å². The number of hydrogen-bond acceptors (Lipinski definition) is 5. The Kier molecular flexibility index (Phi) is 3.83. The van der Waals surface area contributed by atoms with Gasteiger partial charge in [0.05, 0.1) is 19.4 Å². The number of halogens is 1. The van der Waals surface area contributed by atoms with Crippen LogP contribution in [0.25, 0.3) is 0 Å². The molecule has 0 amide bonds. The second-order valence-corrected chi connectivity index (χ2v) is 6.96. The van der Waals surface area contributed by atoms with Gasteiger partial charge in [0.25, 0.3) is 0 Å². The van der Waals surface area contributed by atoms with Crippen molar-refractivity contribution < 1.29 is 13.9 Å². The highest BCUT2D eigenvalue weighted by Gasteiger charge is 2.42. The summed E-state index contributed by atoms with van der Waals surface area (Å²) in [7, 11) is 1.65. The summed E-state index contributed by atoms with van der Waals surface area (Å²) in [5.74, 6) is 2.24. The first-order valence-electron chi connectivity index (χ1n) is 8.73. The molecule has 2 aliphatic heterocycles. The minimum absolute atomic E-state index is 0.0351. The lowest BCUT2D eigenvalue weighted by Gasteiger charge is -2.38. The molecule has 0 saturated carbocycles. The maximum Gasteiger partial charge on any atom is 0.214 e. The number of ether oxygens (including phenoxy) is 2. The van der Waals surface area contributed by atoms with Crippen LogP contribution in [0.1, 0.15) is 35.6 Å². The van der Waals surface area contributed by atoms with E-state index in [0.717, 1.165) is 34.8 Å². The van der Waals surface area contributed by atoms with E-state index in [2.05, 4.69) is 6.07 Å². The van der Waals surface area contributed by atoms with E-state index in [1.54, 1.807) is 13.4 Å². The largest absolute Gasteiger partial charge is 0.493 e. The lowest BCUT2D eigenvalue weighted by atomic mass is 9.97. The predicted octanol–water partition coefficient (Wildman–Crippen LogP) is 5.18. The fourth-order valence-corrected chi connectivity index (χ4v) is 3.91. The maximum atomic E-state index is 6.38. The number of nitrogens with zero attached hydrogens (tertiary/aromatic N) is 2. The molecule has 2 aromatic carbocycles. The molecule has 27 heavy (non-hydrogen) atoms. The summed E-state index contributed by atoms with van der Waals surface area (Å²) in [4.78, 5) is 0. The van der Waals surface area contributed by atoms with Crippen LogP contribution < -0.4 is 9.47 Å². The Balaban J connectivity index is 1.64. The van der Waals surface area contributed by atoms with Crippen LogP contribution in [0.4, 0.5) is 0 Å². The average molecular weight is 381 g/mol. The van der Waals surface area contributed by atoms with Crippen LogP contribution in [0.2, 0.25) is 5.02 Å². The van der Waals surface area contributed by atoms with Gasteiger partial charge in [0.2, 0.25) is 6.23 Å². The van der Waals surface area contributed by atoms with Gasteiger partial charge in [0.1, 0.15) is 11.5 Å². The Bertz CT molecular complexity index is 1020. The predicted molar refractivity (Wildman–Crippen MR) is 102 cm³/mol. The van der Waals surface area contributed by atoms with E-state index in [1.165, 1.54) is 0 Å². The molecular weight excluding hydrogens is 364 g/mol. The first-order valence-corrected chi connectivity index (χ1v) is 9.11. The van der Waals surface area contributed by atoms with Gasteiger partial charge < -0.3 is 13.9 Å². The van der Waals surface area contributed by atoms with E-state index in [1.807, 2.05) is 53.5 Å². The molecule has 2 aliphatic rings. The first kappa shape index (κ1) is 16.3. The van der Waals surface area contributed by atoms with E-state index < -0.39 is 6.23 Å². The lowest BCUT2D eigenvalue weighted by molar-refractivity contribution is -0.0209. The van der Waals surface area contributed by atoms with E-state index in [-0.39, 0.29) is 6.04 Å². The third-order valence-electron chi connectivity index (χ3n) is 4.94. The number of benzene rings is 2. The van der Waals surface area contributed by atoms with Crippen molar-refractivity contribution in [3.05, 3.63) is 82.8 Å². The van der Waals surface area contributed by atoms with Gasteiger partial charge in [0, 0.05) is 22.6 Å². The van der Waals surface area contributed by atoms with Crippen LogP contribution in [0, 0.1) is 0 Å². The monoisotopic (exact) mass is 380 g/mol. The Hall–Kier alpha value is -2.92. The number of rotatable bonds is 3. The van der Waals surface area contributed by atoms with E-state index >= 15 is 0 Å². The number of para-hydroxylation sites is 1. The zero-order valence-corrected chi connectivity index (χ0v) is 15.4. The molecule has 5 nitrogen and oxygen atoms in total. The quantitative estimate of drug-likeness (QED) is 0.627. The third-order valence-corrected chi connectivity index (χ3v) is 5.17. The van der Waals surface area contributed by atoms with Crippen LogP contribution in [0.5, 0.6) is 11.5 Å². The summed E-state index contributed by atoms with van der Waals surface area (Å²) >= 11 is 6.23. The summed E-state index contributed by atoms with van der Waals surface area (Å²) in [6.45, 7) is 0. The molecule has 0 bridgehead atoms. The van der Waals surface area contributed by atoms with Crippen LogP contribution in [0.15, 0.2) is 70.4 Å². The zero-order valence-electron chi connectivity index (χ0n) is 14.6. The molecule has 0 saturated heterocycles. The van der Waals surface area contributed by atoms with Crippen molar-refractivity contribution >= 4 is 17.3 Å². The topological polar surface area (TPSA) is 47.2 Å². The van der Waals surface area contributed by atoms with Gasteiger partial charge in [-0.1, -0.05) is 35.9 Å². The van der Waals surface area contributed by atoms with Crippen LogP contribution >= 0.6 is 11.6 Å². The Morgan fingerprint density at radius 1 is 1.15 bits per heavy atom. The molecule has 1 aromatic heterocycles. The van der Waals surface area contributed by atoms with Crippen molar-refractivity contribution in [1.82, 2.24) is 5.01 Å². The second-order valence-electron chi connectivity index (χ2n) is 6.53. The van der Waals surface area contributed by atoms with Crippen LogP contribution in [0.3, 0.4) is 0 Å². The number of methoxy groups -OCH3 is 1. The molecule has 0 unspecified atom stereocenters. The van der Waals surface area contributed by atoms with Gasteiger partial charge in [-0.15, -0.1) is 0 Å². The number of fused-ring (bicyclic) bond motifs is 3. The van der Waals surface area contributed by atoms with Crippen molar-refractivity contribution in [2.75, 3.05) is 7.11 Å². The van der Waals surface area contributed by atoms with Crippen molar-refractivity contribution in [3.8, 4) is 11.5 Å². The Labute approximate surface area is 161 Å². The molecule has 0 N–H and O–H groups in total. The SMILES string of the molecule is COc1cccc2c1O[C@H](c1cccc(Cl)c1)N1N=C(c3ccco3)C[C@H]21. The molecule has 136 valence electrons. The van der Waals surface area contributed by atoms with Crippen molar-refractivity contribution in [2.45, 2.75) is 18.7 Å². The Morgan fingerprint density at radius 3 is 2.81 bits per heavy atom. The van der Waals surface area contributed by atoms with Crippen molar-refractivity contribution in [1.29, 1.82) is 0 Å². The van der Waals surface area contributed by atoms with E-state index in [0.29, 0.717) is 10.8 Å². The van der Waals surface area contributed by atoms with Crippen LogP contribution in [-0.2, 0) is 0 Å². The molecule has 3 heterocycles. The van der Waals surface area contributed by atoms with E-state index in [9.17, 15) is 0 Å². The molecule has 6 heteroatoms. The maximum absolute atomic E-state index is 6.38. The van der Waals surface area contributed by atoms with Crippen molar-refractivity contribution in [3.63, 3.8) is 0 Å². The minimum atomic E-state index is -0.398. The molecule has 0 radical (unpaired) electrons. The second kappa shape index (κ2) is 6.35. The van der Waals surface area contributed by atoms with Gasteiger partial charge in [-0.05, 0) is 30.3 Å². The number of hydrazone groups is 1. The van der Waals surface area contributed by atoms with Crippen molar-refractivity contribution in [2.24, 2.45) is 5.10 Å². The highest BCUT2D eigenvalue weighted by Crippen LogP contribution is 2.50. The third kappa shape index (κ3) is 2.66. The molecule has 0 aliphatic carbocycles. The van der Waals surface area contributed by atoms with Gasteiger partial charge in [-0.3, -0.25) is 0 Å². The summed E-state index contributed by atoms with van der Waals surface area (Å²) in [5.41, 5.74) is 2.89. The summed E-state index contributed by atoms with van der Waals surface area (Å²) in [6, 6.07) is 17.4. The molecule has 0 fully saturated rings. The number of furan rings is 1. The molecule has 0 spiro atoms. The normalized spacial score (nSPS) is 20.5. The highest BCUT2D eigenvalue weighted by molar-refractivity contribution is 6.30.